The molecule has 0 radical (unpaired) electrons. The Morgan fingerprint density at radius 1 is 0.714 bits per heavy atom. The molecule has 3 aromatic rings. The first kappa shape index (κ1) is 19.1. The molecule has 0 heterocycles. The molecule has 0 spiro atoms. The molecule has 3 aromatic carbocycles. The van der Waals surface area contributed by atoms with Gasteiger partial charge in [0.2, 0.25) is 0 Å². The Balaban J connectivity index is 1.80. The molecule has 0 aliphatic heterocycles. The van der Waals surface area contributed by atoms with Gasteiger partial charge in [-0.1, -0.05) is 97.1 Å². The summed E-state index contributed by atoms with van der Waals surface area (Å²) in [4.78, 5) is 25.3. The van der Waals surface area contributed by atoms with Gasteiger partial charge in [0.25, 0.3) is 0 Å². The van der Waals surface area contributed by atoms with Crippen LogP contribution in [0, 0.1) is 0 Å². The van der Waals surface area contributed by atoms with Gasteiger partial charge in [0, 0.05) is 0 Å². The first-order valence-corrected chi connectivity index (χ1v) is 8.97. The van der Waals surface area contributed by atoms with Crippen molar-refractivity contribution in [1.82, 2.24) is 0 Å². The van der Waals surface area contributed by atoms with E-state index in [2.05, 4.69) is 0 Å². The number of carbonyl (C=O) groups excluding carboxylic acids is 2. The van der Waals surface area contributed by atoms with Gasteiger partial charge in [0.05, 0.1) is 0 Å². The van der Waals surface area contributed by atoms with Gasteiger partial charge in [-0.05, 0) is 28.8 Å². The first-order valence-electron chi connectivity index (χ1n) is 8.97. The van der Waals surface area contributed by atoms with Crippen LogP contribution in [0.25, 0.3) is 12.2 Å². The summed E-state index contributed by atoms with van der Waals surface area (Å²) in [5.41, 5.74) is 2.50. The minimum atomic E-state index is -0.643. The lowest BCUT2D eigenvalue weighted by Crippen LogP contribution is -2.14. The van der Waals surface area contributed by atoms with Crippen molar-refractivity contribution in [3.8, 4) is 0 Å². The van der Waals surface area contributed by atoms with Crippen LogP contribution in [0.3, 0.4) is 0 Å². The first-order chi connectivity index (χ1) is 13.7. The van der Waals surface area contributed by atoms with E-state index >= 15 is 0 Å². The summed E-state index contributed by atoms with van der Waals surface area (Å²) in [6.45, 7) is 0.113. The number of hydrogen-bond acceptors (Lipinski definition) is 3. The van der Waals surface area contributed by atoms with Crippen LogP contribution >= 0.6 is 0 Å². The molecule has 3 nitrogen and oxygen atoms in total. The predicted octanol–water partition coefficient (Wildman–Crippen LogP) is 5.10. The van der Waals surface area contributed by atoms with E-state index < -0.39 is 11.8 Å². The number of allylic oxidation sites excluding steroid dienone is 1. The van der Waals surface area contributed by atoms with Crippen LogP contribution < -0.4 is 0 Å². The zero-order valence-electron chi connectivity index (χ0n) is 15.3. The molecule has 0 aromatic heterocycles. The van der Waals surface area contributed by atoms with Crippen LogP contribution in [-0.4, -0.2) is 11.8 Å². The molecule has 0 bridgehead atoms. The van der Waals surface area contributed by atoms with E-state index in [1.54, 1.807) is 12.2 Å². The van der Waals surface area contributed by atoms with Crippen molar-refractivity contribution in [2.45, 2.75) is 6.61 Å². The molecule has 0 saturated carbocycles. The smallest absolute Gasteiger partial charge is 0.342 e. The number of ether oxygens (including phenoxy) is 1. The van der Waals surface area contributed by atoms with Gasteiger partial charge in [0.15, 0.2) is 5.78 Å². The van der Waals surface area contributed by atoms with Crippen LogP contribution in [0.1, 0.15) is 16.7 Å². The molecule has 28 heavy (non-hydrogen) atoms. The van der Waals surface area contributed by atoms with Crippen LogP contribution in [0.2, 0.25) is 0 Å². The monoisotopic (exact) mass is 368 g/mol. The van der Waals surface area contributed by atoms with Crippen molar-refractivity contribution in [3.05, 3.63) is 119 Å². The summed E-state index contributed by atoms with van der Waals surface area (Å²) in [6, 6.07) is 28.1. The van der Waals surface area contributed by atoms with Gasteiger partial charge in [-0.2, -0.15) is 0 Å². The maximum atomic E-state index is 12.7. The second kappa shape index (κ2) is 9.83. The summed E-state index contributed by atoms with van der Waals surface area (Å²) in [6.07, 6.45) is 4.64. The van der Waals surface area contributed by atoms with Gasteiger partial charge in [-0.3, -0.25) is 4.79 Å². The minimum Gasteiger partial charge on any atom is -0.457 e. The van der Waals surface area contributed by atoms with E-state index in [1.807, 2.05) is 91.0 Å². The average molecular weight is 368 g/mol. The summed E-state index contributed by atoms with van der Waals surface area (Å²) >= 11 is 0. The quantitative estimate of drug-likeness (QED) is 0.252. The van der Waals surface area contributed by atoms with E-state index in [0.29, 0.717) is 0 Å². The molecule has 138 valence electrons. The standard InChI is InChI=1S/C25H20O3/c26-24(17-16-20-10-4-1-5-11-20)23(18-21-12-6-2-7-13-21)25(27)28-19-22-14-8-3-9-15-22/h1-18H,19H2. The molecular formula is C25H20O3. The molecule has 3 rings (SSSR count). The third-order valence-corrected chi connectivity index (χ3v) is 4.04. The zero-order chi connectivity index (χ0) is 19.6. The second-order valence-corrected chi connectivity index (χ2v) is 6.14. The van der Waals surface area contributed by atoms with Crippen molar-refractivity contribution in [2.75, 3.05) is 0 Å². The zero-order valence-corrected chi connectivity index (χ0v) is 15.3. The Morgan fingerprint density at radius 3 is 1.86 bits per heavy atom. The third kappa shape index (κ3) is 5.64. The molecule has 3 heteroatoms. The normalized spacial score (nSPS) is 11.4. The highest BCUT2D eigenvalue weighted by atomic mass is 16.5. The molecule has 0 aliphatic rings. The third-order valence-electron chi connectivity index (χ3n) is 4.04. The number of carbonyl (C=O) groups is 2. The van der Waals surface area contributed by atoms with Crippen LogP contribution in [-0.2, 0) is 20.9 Å². The molecule has 0 aliphatic carbocycles. The summed E-state index contributed by atoms with van der Waals surface area (Å²) < 4.78 is 5.37. The SMILES string of the molecule is O=C(C=Cc1ccccc1)C(=Cc1ccccc1)C(=O)OCc1ccccc1. The Hall–Kier alpha value is -3.72. The number of benzene rings is 3. The molecule has 0 amide bonds. The van der Waals surface area contributed by atoms with Crippen LogP contribution in [0.4, 0.5) is 0 Å². The number of rotatable bonds is 7. The van der Waals surface area contributed by atoms with Gasteiger partial charge in [0.1, 0.15) is 12.2 Å². The number of ketones is 1. The lowest BCUT2D eigenvalue weighted by atomic mass is 10.1. The van der Waals surface area contributed by atoms with Crippen molar-refractivity contribution < 1.29 is 14.3 Å². The molecule has 0 fully saturated rings. The molecular weight excluding hydrogens is 348 g/mol. The second-order valence-electron chi connectivity index (χ2n) is 6.14. The largest absolute Gasteiger partial charge is 0.457 e. The fourth-order valence-corrected chi connectivity index (χ4v) is 2.57. The Labute approximate surface area is 164 Å². The van der Waals surface area contributed by atoms with Gasteiger partial charge in [-0.15, -0.1) is 0 Å². The topological polar surface area (TPSA) is 43.4 Å². The highest BCUT2D eigenvalue weighted by Gasteiger charge is 2.18. The highest BCUT2D eigenvalue weighted by Crippen LogP contribution is 2.13. The molecule has 0 atom stereocenters. The number of esters is 1. The predicted molar refractivity (Wildman–Crippen MR) is 111 cm³/mol. The molecule has 0 unspecified atom stereocenters. The van der Waals surface area contributed by atoms with Gasteiger partial charge in [-0.25, -0.2) is 4.79 Å². The van der Waals surface area contributed by atoms with E-state index in [4.69, 9.17) is 4.74 Å². The van der Waals surface area contributed by atoms with Crippen molar-refractivity contribution in [2.24, 2.45) is 0 Å². The Morgan fingerprint density at radius 2 is 1.25 bits per heavy atom. The fourth-order valence-electron chi connectivity index (χ4n) is 2.57. The van der Waals surface area contributed by atoms with Crippen molar-refractivity contribution >= 4 is 23.9 Å². The van der Waals surface area contributed by atoms with Crippen molar-refractivity contribution in [1.29, 1.82) is 0 Å². The summed E-state index contributed by atoms with van der Waals surface area (Å²) in [5.74, 6) is -1.04. The van der Waals surface area contributed by atoms with Crippen LogP contribution in [0.5, 0.6) is 0 Å². The van der Waals surface area contributed by atoms with E-state index in [-0.39, 0.29) is 12.2 Å². The lowest BCUT2D eigenvalue weighted by molar-refractivity contribution is -0.141. The van der Waals surface area contributed by atoms with E-state index in [9.17, 15) is 9.59 Å². The van der Waals surface area contributed by atoms with Gasteiger partial charge < -0.3 is 4.74 Å². The number of hydrogen-bond donors (Lipinski definition) is 0. The maximum absolute atomic E-state index is 12.7. The lowest BCUT2D eigenvalue weighted by Gasteiger charge is -2.07. The summed E-state index contributed by atoms with van der Waals surface area (Å²) in [7, 11) is 0. The van der Waals surface area contributed by atoms with Crippen molar-refractivity contribution in [3.63, 3.8) is 0 Å². The Kier molecular flexibility index (Phi) is 6.69. The highest BCUT2D eigenvalue weighted by molar-refractivity contribution is 6.25. The summed E-state index contributed by atoms with van der Waals surface area (Å²) in [5, 5.41) is 0. The molecule has 0 saturated heterocycles. The average Bonchev–Trinajstić information content (AvgIpc) is 2.76. The van der Waals surface area contributed by atoms with Crippen LogP contribution in [0.15, 0.2) is 103 Å². The van der Waals surface area contributed by atoms with Gasteiger partial charge >= 0.3 is 5.97 Å². The Bertz CT molecular complexity index is 972. The minimum absolute atomic E-state index is 0.00527. The fraction of sp³-hybridized carbons (Fsp3) is 0.0400. The molecule has 0 N–H and O–H groups in total. The van der Waals surface area contributed by atoms with E-state index in [0.717, 1.165) is 16.7 Å². The maximum Gasteiger partial charge on any atom is 0.342 e. The van der Waals surface area contributed by atoms with E-state index in [1.165, 1.54) is 6.08 Å².